The van der Waals surface area contributed by atoms with Gasteiger partial charge in [0.2, 0.25) is 11.8 Å². The number of nitrogens with two attached hydrogens (primary N) is 2. The Morgan fingerprint density at radius 3 is 1.52 bits per heavy atom. The summed E-state index contributed by atoms with van der Waals surface area (Å²) in [6, 6.07) is 5.27. The van der Waals surface area contributed by atoms with E-state index in [0.717, 1.165) is 37.1 Å². The van der Waals surface area contributed by atoms with Crippen molar-refractivity contribution in [3.05, 3.63) is 59.2 Å². The van der Waals surface area contributed by atoms with Gasteiger partial charge in [0.1, 0.15) is 24.4 Å². The number of anilines is 4. The first-order valence-electron chi connectivity index (χ1n) is 13.4. The number of nitrogens with zero attached hydrogens (tertiary/aromatic N) is 2. The van der Waals surface area contributed by atoms with E-state index in [1.54, 1.807) is 0 Å². The van der Waals surface area contributed by atoms with E-state index in [4.69, 9.17) is 11.5 Å². The molecule has 4 amide bonds. The predicted molar refractivity (Wildman–Crippen MR) is 169 cm³/mol. The van der Waals surface area contributed by atoms with Crippen LogP contribution in [0.25, 0.3) is 0 Å². The van der Waals surface area contributed by atoms with Crippen LogP contribution < -0.4 is 32.7 Å². The van der Waals surface area contributed by atoms with Crippen LogP contribution in [0.3, 0.4) is 0 Å². The number of carbonyl (C=O) groups is 4. The molecular weight excluding hydrogens is 652 g/mol. The Kier molecular flexibility index (Phi) is 12.9. The fraction of sp³-hybridized carbons (Fsp3) is 0.286. The minimum absolute atomic E-state index is 0.124. The van der Waals surface area contributed by atoms with Crippen molar-refractivity contribution < 1.29 is 36.7 Å². The van der Waals surface area contributed by atoms with Crippen molar-refractivity contribution in [2.45, 2.75) is 36.5 Å². The van der Waals surface area contributed by atoms with Crippen LogP contribution in [0.1, 0.15) is 46.0 Å². The molecule has 1 heterocycles. The minimum atomic E-state index is -4.81. The number of benzene rings is 2. The smallest absolute Gasteiger partial charge is 0.330 e. The second-order valence-corrected chi connectivity index (χ2v) is 11.6. The quantitative estimate of drug-likeness (QED) is 0.111. The molecule has 0 aliphatic heterocycles. The third-order valence-corrected chi connectivity index (χ3v) is 8.03. The molecule has 8 N–H and O–H groups in total. The number of rotatable bonds is 13. The molecule has 1 aromatic heterocycles. The highest BCUT2D eigenvalue weighted by Crippen LogP contribution is 2.41. The Bertz CT molecular complexity index is 1630. The van der Waals surface area contributed by atoms with E-state index in [2.05, 4.69) is 31.2 Å². The van der Waals surface area contributed by atoms with Gasteiger partial charge >= 0.3 is 6.18 Å². The third-order valence-electron chi connectivity index (χ3n) is 5.70. The first kappa shape index (κ1) is 36.2. The van der Waals surface area contributed by atoms with Crippen molar-refractivity contribution in [2.75, 3.05) is 45.9 Å². The van der Waals surface area contributed by atoms with Crippen LogP contribution in [0.4, 0.5) is 40.3 Å². The van der Waals surface area contributed by atoms with Gasteiger partial charge in [-0.1, -0.05) is 0 Å². The maximum absolute atomic E-state index is 13.7. The molecule has 46 heavy (non-hydrogen) atoms. The second kappa shape index (κ2) is 16.3. The summed E-state index contributed by atoms with van der Waals surface area (Å²) in [6.07, 6.45) is -3.90. The first-order valence-corrected chi connectivity index (χ1v) is 15.4. The van der Waals surface area contributed by atoms with Crippen molar-refractivity contribution in [2.24, 2.45) is 11.5 Å². The summed E-state index contributed by atoms with van der Waals surface area (Å²) in [7, 11) is 0. The molecule has 0 bridgehead atoms. The lowest BCUT2D eigenvalue weighted by atomic mass is 10.1. The van der Waals surface area contributed by atoms with Crippen LogP contribution in [0.2, 0.25) is 0 Å². The highest BCUT2D eigenvalue weighted by atomic mass is 32.2. The van der Waals surface area contributed by atoms with Crippen molar-refractivity contribution in [3.63, 3.8) is 0 Å². The fourth-order valence-electron chi connectivity index (χ4n) is 3.92. The summed E-state index contributed by atoms with van der Waals surface area (Å²) in [4.78, 5) is 58.3. The largest absolute Gasteiger partial charge is 0.416 e. The van der Waals surface area contributed by atoms with Gasteiger partial charge in [0.05, 0.1) is 38.1 Å². The summed E-state index contributed by atoms with van der Waals surface area (Å²) in [5.74, 6) is -2.23. The Balaban J connectivity index is 1.98. The van der Waals surface area contributed by atoms with Gasteiger partial charge in [-0.05, 0) is 29.8 Å². The predicted octanol–water partition coefficient (Wildman–Crippen LogP) is 4.49. The van der Waals surface area contributed by atoms with E-state index < -0.39 is 42.0 Å². The van der Waals surface area contributed by atoms with Gasteiger partial charge in [-0.25, -0.2) is 14.4 Å². The number of aromatic nitrogens is 2. The molecule has 0 radical (unpaired) electrons. The molecule has 12 nitrogen and oxygen atoms in total. The zero-order chi connectivity index (χ0) is 34.0. The number of amides is 4. The van der Waals surface area contributed by atoms with Gasteiger partial charge in [-0.3, -0.25) is 19.2 Å². The molecule has 0 saturated heterocycles. The molecular formula is C28H30F4N8O4S2. The van der Waals surface area contributed by atoms with Crippen molar-refractivity contribution in [3.8, 4) is 0 Å². The standard InChI is InChI=1S/C28H30F4N8O4S2/c1-14(41)37-18-7-16(12-29)8-19(24(18)45-5-3-33)39-26(43)22-11-23(36-13-35-22)27(44)40-21-10-17(28(30,31)32)9-20(38-15(2)42)25(21)46-6-4-34/h7-11,13H,3-6,12,33-34H2,1-2H3,(H,37,41)(H,38,42)(H,39,43)(H,40,44). The van der Waals surface area contributed by atoms with Crippen molar-refractivity contribution in [1.82, 2.24) is 9.97 Å². The van der Waals surface area contributed by atoms with E-state index in [1.165, 1.54) is 30.8 Å². The van der Waals surface area contributed by atoms with Crippen LogP contribution in [0.5, 0.6) is 0 Å². The number of hydrogen-bond acceptors (Lipinski definition) is 10. The average molecular weight is 683 g/mol. The molecule has 0 saturated carbocycles. The van der Waals surface area contributed by atoms with E-state index in [1.807, 2.05) is 0 Å². The molecule has 0 aliphatic rings. The highest BCUT2D eigenvalue weighted by Gasteiger charge is 2.33. The van der Waals surface area contributed by atoms with E-state index in [-0.39, 0.29) is 63.4 Å². The number of nitrogens with one attached hydrogen (secondary N) is 4. The van der Waals surface area contributed by atoms with Crippen LogP contribution in [-0.2, 0) is 22.4 Å². The Morgan fingerprint density at radius 1 is 0.717 bits per heavy atom. The molecule has 18 heteroatoms. The fourth-order valence-corrected chi connectivity index (χ4v) is 5.63. The number of alkyl halides is 4. The van der Waals surface area contributed by atoms with Crippen LogP contribution in [0.15, 0.2) is 46.5 Å². The number of halogens is 4. The van der Waals surface area contributed by atoms with Gasteiger partial charge in [0, 0.05) is 44.5 Å². The Morgan fingerprint density at radius 2 is 1.13 bits per heavy atom. The number of thioether (sulfide) groups is 2. The van der Waals surface area contributed by atoms with Crippen LogP contribution in [0, 0.1) is 0 Å². The van der Waals surface area contributed by atoms with E-state index in [0.29, 0.717) is 16.7 Å². The normalized spacial score (nSPS) is 11.1. The van der Waals surface area contributed by atoms with E-state index >= 15 is 0 Å². The monoisotopic (exact) mass is 682 g/mol. The number of carbonyl (C=O) groups excluding carboxylic acids is 4. The summed E-state index contributed by atoms with van der Waals surface area (Å²) in [6.45, 7) is 1.90. The first-order chi connectivity index (χ1) is 21.8. The summed E-state index contributed by atoms with van der Waals surface area (Å²) >= 11 is 2.22. The lowest BCUT2D eigenvalue weighted by molar-refractivity contribution is -0.137. The van der Waals surface area contributed by atoms with Crippen molar-refractivity contribution in [1.29, 1.82) is 0 Å². The maximum atomic E-state index is 13.7. The molecule has 2 aromatic carbocycles. The SMILES string of the molecule is CC(=O)Nc1cc(CF)cc(NC(=O)c2cc(C(=O)Nc3cc(C(F)(F)F)cc(NC(C)=O)c3SCCN)ncn2)c1SCCN. The summed E-state index contributed by atoms with van der Waals surface area (Å²) < 4.78 is 54.8. The number of hydrogen-bond donors (Lipinski definition) is 6. The molecule has 0 aliphatic carbocycles. The molecule has 0 unspecified atom stereocenters. The van der Waals surface area contributed by atoms with Crippen LogP contribution >= 0.6 is 23.5 Å². The Labute approximate surface area is 269 Å². The third kappa shape index (κ3) is 9.87. The molecule has 0 atom stereocenters. The van der Waals surface area contributed by atoms with Gasteiger partial charge < -0.3 is 32.7 Å². The maximum Gasteiger partial charge on any atom is 0.416 e. The molecule has 0 fully saturated rings. The summed E-state index contributed by atoms with van der Waals surface area (Å²) in [5, 5.41) is 9.93. The lowest BCUT2D eigenvalue weighted by Gasteiger charge is -2.19. The highest BCUT2D eigenvalue weighted by molar-refractivity contribution is 7.99. The van der Waals surface area contributed by atoms with Gasteiger partial charge in [-0.15, -0.1) is 23.5 Å². The topological polar surface area (TPSA) is 194 Å². The van der Waals surface area contributed by atoms with Gasteiger partial charge in [-0.2, -0.15) is 13.2 Å². The van der Waals surface area contributed by atoms with Gasteiger partial charge in [0.15, 0.2) is 0 Å². The lowest BCUT2D eigenvalue weighted by Crippen LogP contribution is -2.20. The minimum Gasteiger partial charge on any atom is -0.330 e. The van der Waals surface area contributed by atoms with Crippen molar-refractivity contribution >= 4 is 69.9 Å². The van der Waals surface area contributed by atoms with Gasteiger partial charge in [0.25, 0.3) is 11.8 Å². The zero-order valence-corrected chi connectivity index (χ0v) is 26.1. The van der Waals surface area contributed by atoms with E-state index in [9.17, 15) is 36.7 Å². The molecule has 3 rings (SSSR count). The zero-order valence-electron chi connectivity index (χ0n) is 24.5. The molecule has 0 spiro atoms. The second-order valence-electron chi connectivity index (χ2n) is 9.39. The molecule has 3 aromatic rings. The average Bonchev–Trinajstić information content (AvgIpc) is 2.99. The Hall–Kier alpha value is -4.26. The summed E-state index contributed by atoms with van der Waals surface area (Å²) in [5.41, 5.74) is 9.48. The van der Waals surface area contributed by atoms with Crippen LogP contribution in [-0.4, -0.2) is 58.2 Å². The molecule has 246 valence electrons.